The highest BCUT2D eigenvalue weighted by atomic mass is 19.1. The smallest absolute Gasteiger partial charge is 0.257 e. The molecule has 1 saturated heterocycles. The first-order valence-electron chi connectivity index (χ1n) is 6.91. The van der Waals surface area contributed by atoms with Crippen LogP contribution in [0, 0.1) is 5.82 Å². The van der Waals surface area contributed by atoms with Crippen LogP contribution in [0.1, 0.15) is 22.0 Å². The summed E-state index contributed by atoms with van der Waals surface area (Å²) in [5.74, 6) is -1.46. The van der Waals surface area contributed by atoms with E-state index < -0.39 is 17.8 Å². The highest BCUT2D eigenvalue weighted by Gasteiger charge is 2.35. The topological polar surface area (TPSA) is 62.3 Å². The molecule has 5 nitrogen and oxygen atoms in total. The van der Waals surface area contributed by atoms with Gasteiger partial charge < -0.3 is 10.2 Å². The van der Waals surface area contributed by atoms with Crippen molar-refractivity contribution in [3.63, 3.8) is 0 Å². The highest BCUT2D eigenvalue weighted by molar-refractivity contribution is 5.98. The first-order valence-corrected chi connectivity index (χ1v) is 6.91. The van der Waals surface area contributed by atoms with E-state index in [1.165, 1.54) is 17.2 Å². The lowest BCUT2D eigenvalue weighted by Crippen LogP contribution is -2.52. The minimum Gasteiger partial charge on any atom is -0.352 e. The average Bonchev–Trinajstić information content (AvgIpc) is 2.55. The van der Waals surface area contributed by atoms with Crippen molar-refractivity contribution in [2.24, 2.45) is 0 Å². The maximum atomic E-state index is 13.8. The predicted octanol–water partition coefficient (Wildman–Crippen LogP) is 1.53. The van der Waals surface area contributed by atoms with Crippen LogP contribution >= 0.6 is 0 Å². The molecule has 1 atom stereocenters. The number of aromatic nitrogens is 1. The van der Waals surface area contributed by atoms with Crippen molar-refractivity contribution >= 4 is 11.8 Å². The Hall–Kier alpha value is -2.76. The van der Waals surface area contributed by atoms with E-state index >= 15 is 0 Å². The number of amides is 2. The normalized spacial score (nSPS) is 18.0. The Morgan fingerprint density at radius 1 is 1.27 bits per heavy atom. The fourth-order valence-corrected chi connectivity index (χ4v) is 2.56. The molecule has 112 valence electrons. The molecule has 2 aromatic rings. The lowest BCUT2D eigenvalue weighted by atomic mass is 10.0. The van der Waals surface area contributed by atoms with Crippen LogP contribution in [0.15, 0.2) is 48.8 Å². The zero-order chi connectivity index (χ0) is 15.5. The van der Waals surface area contributed by atoms with Crippen molar-refractivity contribution in [2.45, 2.75) is 6.04 Å². The van der Waals surface area contributed by atoms with Gasteiger partial charge in [-0.2, -0.15) is 0 Å². The van der Waals surface area contributed by atoms with Crippen molar-refractivity contribution in [1.82, 2.24) is 15.2 Å². The van der Waals surface area contributed by atoms with Crippen LogP contribution in [0.25, 0.3) is 0 Å². The molecule has 1 aromatic carbocycles. The molecule has 2 amide bonds. The maximum absolute atomic E-state index is 13.8. The molecule has 22 heavy (non-hydrogen) atoms. The monoisotopic (exact) mass is 299 g/mol. The van der Waals surface area contributed by atoms with Crippen LogP contribution in [0.2, 0.25) is 0 Å². The molecule has 1 N–H and O–H groups in total. The Balaban J connectivity index is 1.98. The summed E-state index contributed by atoms with van der Waals surface area (Å²) in [6.07, 6.45) is 2.35. The van der Waals surface area contributed by atoms with Crippen LogP contribution in [0.3, 0.4) is 0 Å². The van der Waals surface area contributed by atoms with E-state index in [2.05, 4.69) is 10.3 Å². The van der Waals surface area contributed by atoms with Gasteiger partial charge >= 0.3 is 0 Å². The van der Waals surface area contributed by atoms with Crippen molar-refractivity contribution < 1.29 is 14.0 Å². The molecular weight excluding hydrogens is 285 g/mol. The molecule has 1 aromatic heterocycles. The fourth-order valence-electron chi connectivity index (χ4n) is 2.56. The Bertz CT molecular complexity index is 706. The van der Waals surface area contributed by atoms with E-state index in [9.17, 15) is 14.0 Å². The van der Waals surface area contributed by atoms with Gasteiger partial charge in [0, 0.05) is 19.3 Å². The molecule has 0 spiro atoms. The second kappa shape index (κ2) is 5.93. The second-order valence-electron chi connectivity index (χ2n) is 4.96. The molecule has 1 aliphatic rings. The number of hydrogen-bond acceptors (Lipinski definition) is 3. The number of nitrogens with one attached hydrogen (secondary N) is 1. The van der Waals surface area contributed by atoms with Crippen LogP contribution in [0.5, 0.6) is 0 Å². The van der Waals surface area contributed by atoms with Crippen molar-refractivity contribution in [1.29, 1.82) is 0 Å². The Labute approximate surface area is 126 Å². The number of rotatable bonds is 2. The Morgan fingerprint density at radius 3 is 2.77 bits per heavy atom. The molecule has 0 saturated carbocycles. The third-order valence-electron chi connectivity index (χ3n) is 3.59. The zero-order valence-electron chi connectivity index (χ0n) is 11.7. The number of piperazine rings is 1. The van der Waals surface area contributed by atoms with Gasteiger partial charge in [0.15, 0.2) is 5.82 Å². The van der Waals surface area contributed by atoms with Gasteiger partial charge in [-0.3, -0.25) is 14.6 Å². The molecule has 1 fully saturated rings. The summed E-state index contributed by atoms with van der Waals surface area (Å²) in [6.45, 7) is 0.673. The van der Waals surface area contributed by atoms with Gasteiger partial charge in [0.2, 0.25) is 5.91 Å². The Morgan fingerprint density at radius 2 is 2.05 bits per heavy atom. The molecule has 0 aliphatic carbocycles. The van der Waals surface area contributed by atoms with Crippen LogP contribution in [-0.4, -0.2) is 34.8 Å². The minimum atomic E-state index is -0.755. The summed E-state index contributed by atoms with van der Waals surface area (Å²) in [6, 6.07) is 9.55. The van der Waals surface area contributed by atoms with E-state index in [0.717, 1.165) is 6.20 Å². The average molecular weight is 299 g/mol. The summed E-state index contributed by atoms with van der Waals surface area (Å²) >= 11 is 0. The molecule has 0 radical (unpaired) electrons. The number of carbonyl (C=O) groups is 2. The SMILES string of the molecule is O=C1NCCN(C(=O)c2ccncc2F)[C@H]1c1ccccc1. The second-order valence-corrected chi connectivity index (χ2v) is 4.96. The molecule has 0 unspecified atom stereocenters. The van der Waals surface area contributed by atoms with Crippen LogP contribution in [0.4, 0.5) is 4.39 Å². The van der Waals surface area contributed by atoms with Gasteiger partial charge in [-0.05, 0) is 11.6 Å². The van der Waals surface area contributed by atoms with Gasteiger partial charge in [-0.1, -0.05) is 30.3 Å². The number of pyridine rings is 1. The number of benzene rings is 1. The van der Waals surface area contributed by atoms with Gasteiger partial charge in [0.25, 0.3) is 5.91 Å². The van der Waals surface area contributed by atoms with E-state index in [4.69, 9.17) is 0 Å². The predicted molar refractivity (Wildman–Crippen MR) is 77.4 cm³/mol. The summed E-state index contributed by atoms with van der Waals surface area (Å²) in [5, 5.41) is 2.74. The largest absolute Gasteiger partial charge is 0.352 e. The molecule has 3 rings (SSSR count). The number of nitrogens with zero attached hydrogens (tertiary/aromatic N) is 2. The maximum Gasteiger partial charge on any atom is 0.257 e. The van der Waals surface area contributed by atoms with Crippen molar-refractivity contribution in [3.05, 3.63) is 65.7 Å². The summed E-state index contributed by atoms with van der Waals surface area (Å²) < 4.78 is 13.8. The summed E-state index contributed by atoms with van der Waals surface area (Å²) in [7, 11) is 0. The molecule has 0 bridgehead atoms. The van der Waals surface area contributed by atoms with Crippen LogP contribution in [-0.2, 0) is 4.79 Å². The zero-order valence-corrected chi connectivity index (χ0v) is 11.7. The number of carbonyl (C=O) groups excluding carboxylic acids is 2. The summed E-state index contributed by atoms with van der Waals surface area (Å²) in [5.41, 5.74) is 0.619. The fraction of sp³-hybridized carbons (Fsp3) is 0.188. The van der Waals surface area contributed by atoms with E-state index in [1.54, 1.807) is 24.3 Å². The summed E-state index contributed by atoms with van der Waals surface area (Å²) in [4.78, 5) is 29.9. The van der Waals surface area contributed by atoms with E-state index in [1.807, 2.05) is 6.07 Å². The lowest BCUT2D eigenvalue weighted by Gasteiger charge is -2.35. The van der Waals surface area contributed by atoms with Gasteiger partial charge in [-0.15, -0.1) is 0 Å². The minimum absolute atomic E-state index is 0.0781. The molecule has 1 aliphatic heterocycles. The Kier molecular flexibility index (Phi) is 3.82. The number of halogens is 1. The molecule has 6 heteroatoms. The highest BCUT2D eigenvalue weighted by Crippen LogP contribution is 2.25. The quantitative estimate of drug-likeness (QED) is 0.915. The van der Waals surface area contributed by atoms with Crippen molar-refractivity contribution in [2.75, 3.05) is 13.1 Å². The van der Waals surface area contributed by atoms with E-state index in [-0.39, 0.29) is 11.5 Å². The molecular formula is C16H14FN3O2. The third kappa shape index (κ3) is 2.55. The lowest BCUT2D eigenvalue weighted by molar-refractivity contribution is -0.128. The van der Waals surface area contributed by atoms with Gasteiger partial charge in [-0.25, -0.2) is 4.39 Å². The van der Waals surface area contributed by atoms with Gasteiger partial charge in [0.1, 0.15) is 6.04 Å². The van der Waals surface area contributed by atoms with Crippen LogP contribution < -0.4 is 5.32 Å². The van der Waals surface area contributed by atoms with Gasteiger partial charge in [0.05, 0.1) is 11.8 Å². The van der Waals surface area contributed by atoms with E-state index in [0.29, 0.717) is 18.7 Å². The first-order chi connectivity index (χ1) is 10.7. The number of hydrogen-bond donors (Lipinski definition) is 1. The third-order valence-corrected chi connectivity index (χ3v) is 3.59. The first kappa shape index (κ1) is 14.2. The standard InChI is InChI=1S/C16H14FN3O2/c17-13-10-18-7-6-12(13)16(22)20-9-8-19-15(21)14(20)11-4-2-1-3-5-11/h1-7,10,14H,8-9H2,(H,19,21)/t14-/m0/s1. The van der Waals surface area contributed by atoms with Crippen molar-refractivity contribution in [3.8, 4) is 0 Å². The molecule has 2 heterocycles.